The van der Waals surface area contributed by atoms with Crippen LogP contribution in [0, 0.1) is 0 Å². The van der Waals surface area contributed by atoms with Gasteiger partial charge < -0.3 is 10.1 Å². The van der Waals surface area contributed by atoms with Crippen molar-refractivity contribution in [2.75, 3.05) is 5.32 Å². The first-order chi connectivity index (χ1) is 12.2. The van der Waals surface area contributed by atoms with E-state index in [1.807, 2.05) is 30.3 Å². The van der Waals surface area contributed by atoms with Gasteiger partial charge in [0, 0.05) is 17.3 Å². The second kappa shape index (κ2) is 7.79. The van der Waals surface area contributed by atoms with Gasteiger partial charge in [0.15, 0.2) is 0 Å². The third kappa shape index (κ3) is 4.68. The van der Waals surface area contributed by atoms with Gasteiger partial charge in [-0.2, -0.15) is 0 Å². The number of anilines is 1. The molecule has 0 aliphatic carbocycles. The lowest BCUT2D eigenvalue weighted by atomic mass is 10.2. The Morgan fingerprint density at radius 2 is 1.36 bits per heavy atom. The molecule has 3 amide bonds. The number of carbonyl (C=O) groups excluding carboxylic acids is 2. The molecule has 0 aliphatic heterocycles. The van der Waals surface area contributed by atoms with Crippen molar-refractivity contribution in [2.24, 2.45) is 0 Å². The Morgan fingerprint density at radius 1 is 0.720 bits per heavy atom. The van der Waals surface area contributed by atoms with Crippen molar-refractivity contribution < 1.29 is 14.3 Å². The lowest BCUT2D eigenvalue weighted by molar-refractivity contribution is 0.0967. The Hall–Kier alpha value is -3.60. The van der Waals surface area contributed by atoms with E-state index >= 15 is 0 Å². The monoisotopic (exact) mass is 332 g/mol. The van der Waals surface area contributed by atoms with Crippen LogP contribution in [0.2, 0.25) is 0 Å². The van der Waals surface area contributed by atoms with E-state index in [0.29, 0.717) is 22.7 Å². The van der Waals surface area contributed by atoms with E-state index in [9.17, 15) is 9.59 Å². The van der Waals surface area contributed by atoms with Crippen LogP contribution in [-0.4, -0.2) is 11.9 Å². The maximum Gasteiger partial charge on any atom is 0.326 e. The van der Waals surface area contributed by atoms with Crippen LogP contribution in [-0.2, 0) is 0 Å². The lowest BCUT2D eigenvalue weighted by Gasteiger charge is -2.09. The van der Waals surface area contributed by atoms with Gasteiger partial charge in [0.05, 0.1) is 0 Å². The molecule has 0 saturated heterocycles. The van der Waals surface area contributed by atoms with Gasteiger partial charge in [-0.1, -0.05) is 42.5 Å². The van der Waals surface area contributed by atoms with E-state index in [0.717, 1.165) is 0 Å². The highest BCUT2D eigenvalue weighted by molar-refractivity contribution is 6.07. The number of hydrogen-bond donors (Lipinski definition) is 2. The van der Waals surface area contributed by atoms with Gasteiger partial charge in [-0.05, 0) is 36.4 Å². The highest BCUT2D eigenvalue weighted by Gasteiger charge is 2.10. The average Bonchev–Trinajstić information content (AvgIpc) is 2.63. The molecule has 5 heteroatoms. The molecule has 0 radical (unpaired) electrons. The van der Waals surface area contributed by atoms with Gasteiger partial charge in [0.1, 0.15) is 11.5 Å². The van der Waals surface area contributed by atoms with E-state index in [1.165, 1.54) is 0 Å². The number of benzene rings is 3. The Bertz CT molecular complexity index is 864. The first-order valence-electron chi connectivity index (χ1n) is 7.71. The molecule has 0 aromatic heterocycles. The minimum atomic E-state index is -0.606. The van der Waals surface area contributed by atoms with Gasteiger partial charge >= 0.3 is 6.03 Å². The SMILES string of the molecule is O=C(NC(=O)c1ccccc1)Nc1cccc(Oc2ccccc2)c1. The first-order valence-corrected chi connectivity index (χ1v) is 7.71. The molecule has 3 aromatic carbocycles. The van der Waals surface area contributed by atoms with Gasteiger partial charge in [0.2, 0.25) is 0 Å². The molecule has 2 N–H and O–H groups in total. The van der Waals surface area contributed by atoms with Crippen LogP contribution in [0.5, 0.6) is 11.5 Å². The smallest absolute Gasteiger partial charge is 0.326 e. The molecule has 0 atom stereocenters. The van der Waals surface area contributed by atoms with Crippen LogP contribution in [0.3, 0.4) is 0 Å². The summed E-state index contributed by atoms with van der Waals surface area (Å²) < 4.78 is 5.71. The van der Waals surface area contributed by atoms with E-state index in [-0.39, 0.29) is 0 Å². The minimum absolute atomic E-state index is 0.416. The summed E-state index contributed by atoms with van der Waals surface area (Å²) in [6.45, 7) is 0. The second-order valence-corrected chi connectivity index (χ2v) is 5.22. The third-order valence-electron chi connectivity index (χ3n) is 3.33. The highest BCUT2D eigenvalue weighted by Crippen LogP contribution is 2.23. The summed E-state index contributed by atoms with van der Waals surface area (Å²) in [5, 5.41) is 4.90. The summed E-state index contributed by atoms with van der Waals surface area (Å²) in [4.78, 5) is 23.9. The number of rotatable bonds is 4. The van der Waals surface area contributed by atoms with Gasteiger partial charge in [-0.25, -0.2) is 4.79 Å². The predicted molar refractivity (Wildman–Crippen MR) is 95.9 cm³/mol. The second-order valence-electron chi connectivity index (χ2n) is 5.22. The average molecular weight is 332 g/mol. The topological polar surface area (TPSA) is 67.4 Å². The fourth-order valence-corrected chi connectivity index (χ4v) is 2.19. The molecule has 25 heavy (non-hydrogen) atoms. The number of amides is 3. The van der Waals surface area contributed by atoms with Crippen molar-refractivity contribution in [1.82, 2.24) is 5.32 Å². The summed E-state index contributed by atoms with van der Waals surface area (Å²) >= 11 is 0. The minimum Gasteiger partial charge on any atom is -0.457 e. The molecule has 0 spiro atoms. The zero-order valence-corrected chi connectivity index (χ0v) is 13.3. The number of urea groups is 1. The third-order valence-corrected chi connectivity index (χ3v) is 3.33. The molecule has 0 aliphatic rings. The summed E-state index contributed by atoms with van der Waals surface area (Å²) in [7, 11) is 0. The van der Waals surface area contributed by atoms with Crippen molar-refractivity contribution in [3.8, 4) is 11.5 Å². The van der Waals surface area contributed by atoms with E-state index < -0.39 is 11.9 Å². The zero-order valence-electron chi connectivity index (χ0n) is 13.3. The van der Waals surface area contributed by atoms with Crippen LogP contribution in [0.1, 0.15) is 10.4 Å². The Kier molecular flexibility index (Phi) is 5.07. The number of ether oxygens (including phenoxy) is 1. The predicted octanol–water partition coefficient (Wildman–Crippen LogP) is 4.44. The number of hydrogen-bond acceptors (Lipinski definition) is 3. The van der Waals surface area contributed by atoms with Crippen LogP contribution in [0.4, 0.5) is 10.5 Å². The van der Waals surface area contributed by atoms with Crippen molar-refractivity contribution in [3.63, 3.8) is 0 Å². The van der Waals surface area contributed by atoms with Crippen LogP contribution >= 0.6 is 0 Å². The standard InChI is InChI=1S/C20H16N2O3/c23-19(15-8-3-1-4-9-15)22-20(24)21-16-10-7-13-18(14-16)25-17-11-5-2-6-12-17/h1-14H,(H2,21,22,23,24). The van der Waals surface area contributed by atoms with E-state index in [4.69, 9.17) is 4.74 Å². The lowest BCUT2D eigenvalue weighted by Crippen LogP contribution is -2.34. The summed E-state index contributed by atoms with van der Waals surface area (Å²) in [6.07, 6.45) is 0. The summed E-state index contributed by atoms with van der Waals surface area (Å²) in [5.74, 6) is 0.816. The van der Waals surface area contributed by atoms with E-state index in [2.05, 4.69) is 10.6 Å². The molecular weight excluding hydrogens is 316 g/mol. The quantitative estimate of drug-likeness (QED) is 0.742. The number of imide groups is 1. The molecule has 5 nitrogen and oxygen atoms in total. The number of carbonyl (C=O) groups is 2. The normalized spacial score (nSPS) is 9.92. The number of para-hydroxylation sites is 1. The molecule has 0 fully saturated rings. The van der Waals surface area contributed by atoms with Crippen LogP contribution < -0.4 is 15.4 Å². The highest BCUT2D eigenvalue weighted by atomic mass is 16.5. The van der Waals surface area contributed by atoms with Crippen molar-refractivity contribution >= 4 is 17.6 Å². The molecule has 124 valence electrons. The number of nitrogens with one attached hydrogen (secondary N) is 2. The Labute approximate surface area is 145 Å². The van der Waals surface area contributed by atoms with Gasteiger partial charge in [-0.3, -0.25) is 10.1 Å². The first kappa shape index (κ1) is 16.3. The van der Waals surface area contributed by atoms with Gasteiger partial charge in [0.25, 0.3) is 5.91 Å². The largest absolute Gasteiger partial charge is 0.457 e. The molecule has 0 saturated carbocycles. The zero-order chi connectivity index (χ0) is 17.5. The van der Waals surface area contributed by atoms with Crippen molar-refractivity contribution in [2.45, 2.75) is 0 Å². The van der Waals surface area contributed by atoms with Crippen molar-refractivity contribution in [3.05, 3.63) is 90.5 Å². The van der Waals surface area contributed by atoms with E-state index in [1.54, 1.807) is 54.6 Å². The molecular formula is C20H16N2O3. The van der Waals surface area contributed by atoms with Crippen LogP contribution in [0.25, 0.3) is 0 Å². The summed E-state index contributed by atoms with van der Waals surface area (Å²) in [6, 6.07) is 24.2. The molecule has 0 heterocycles. The molecule has 3 aromatic rings. The van der Waals surface area contributed by atoms with Crippen LogP contribution in [0.15, 0.2) is 84.9 Å². The Morgan fingerprint density at radius 3 is 2.08 bits per heavy atom. The molecule has 3 rings (SSSR count). The maximum atomic E-state index is 12.0. The molecule has 0 bridgehead atoms. The Balaban J connectivity index is 1.62. The molecule has 0 unspecified atom stereocenters. The maximum absolute atomic E-state index is 12.0. The van der Waals surface area contributed by atoms with Gasteiger partial charge in [-0.15, -0.1) is 0 Å². The fourth-order valence-electron chi connectivity index (χ4n) is 2.19. The fraction of sp³-hybridized carbons (Fsp3) is 0. The van der Waals surface area contributed by atoms with Crippen molar-refractivity contribution in [1.29, 1.82) is 0 Å². The summed E-state index contributed by atoms with van der Waals surface area (Å²) in [5.41, 5.74) is 0.936.